The van der Waals surface area contributed by atoms with E-state index in [0.717, 1.165) is 46.8 Å². The van der Waals surface area contributed by atoms with E-state index in [2.05, 4.69) is 29.7 Å². The van der Waals surface area contributed by atoms with Crippen LogP contribution in [0.15, 0.2) is 78.9 Å². The molecule has 0 radical (unpaired) electrons. The molecule has 1 atom stereocenters. The first kappa shape index (κ1) is 20.3. The van der Waals surface area contributed by atoms with E-state index in [-0.39, 0.29) is 11.8 Å². The molecule has 0 N–H and O–H groups in total. The maximum absolute atomic E-state index is 12.9. The van der Waals surface area contributed by atoms with Gasteiger partial charge in [-0.1, -0.05) is 42.5 Å². The second kappa shape index (κ2) is 8.87. The van der Waals surface area contributed by atoms with Gasteiger partial charge in [0.05, 0.1) is 17.6 Å². The minimum atomic E-state index is 0.0745. The molecular weight excluding hydrogens is 398 g/mol. The number of hydrogen-bond donors (Lipinski definition) is 0. The first-order chi connectivity index (χ1) is 15.7. The molecule has 1 saturated heterocycles. The molecule has 1 aliphatic heterocycles. The van der Waals surface area contributed by atoms with Crippen molar-refractivity contribution in [2.75, 3.05) is 18.1 Å². The van der Waals surface area contributed by atoms with Crippen molar-refractivity contribution in [3.05, 3.63) is 90.3 Å². The number of fused-ring (bicyclic) bond motifs is 1. The van der Waals surface area contributed by atoms with Gasteiger partial charge in [-0.15, -0.1) is 0 Å². The summed E-state index contributed by atoms with van der Waals surface area (Å²) in [6, 6.07) is 26.3. The number of benzene rings is 3. The van der Waals surface area contributed by atoms with Crippen molar-refractivity contribution in [2.24, 2.45) is 0 Å². The van der Waals surface area contributed by atoms with Crippen molar-refractivity contribution in [3.8, 4) is 5.75 Å². The molecule has 5 heteroatoms. The molecule has 0 bridgehead atoms. The van der Waals surface area contributed by atoms with E-state index in [4.69, 9.17) is 9.72 Å². The number of amides is 1. The van der Waals surface area contributed by atoms with Gasteiger partial charge in [-0.05, 0) is 55.3 Å². The normalized spacial score (nSPS) is 16.1. The summed E-state index contributed by atoms with van der Waals surface area (Å²) in [7, 11) is 0. The monoisotopic (exact) mass is 425 g/mol. The molecule has 162 valence electrons. The Kier molecular flexibility index (Phi) is 5.63. The fourth-order valence-corrected chi connectivity index (χ4v) is 4.50. The first-order valence-electron chi connectivity index (χ1n) is 11.2. The van der Waals surface area contributed by atoms with E-state index in [1.54, 1.807) is 0 Å². The maximum Gasteiger partial charge on any atom is 0.227 e. The smallest absolute Gasteiger partial charge is 0.227 e. The molecule has 2 heterocycles. The van der Waals surface area contributed by atoms with E-state index < -0.39 is 0 Å². The summed E-state index contributed by atoms with van der Waals surface area (Å²) in [4.78, 5) is 19.7. The van der Waals surface area contributed by atoms with E-state index >= 15 is 0 Å². The maximum atomic E-state index is 12.9. The molecule has 1 aromatic heterocycles. The number of carbonyl (C=O) groups excluding carboxylic acids is 1. The van der Waals surface area contributed by atoms with Crippen LogP contribution in [0.5, 0.6) is 5.75 Å². The zero-order valence-electron chi connectivity index (χ0n) is 18.3. The molecule has 0 unspecified atom stereocenters. The SMILES string of the molecule is Cc1cccc(N2C[C@H](c3nc4ccccc4n3CCCOc3ccccc3)CC2=O)c1. The Hall–Kier alpha value is -3.60. The molecule has 32 heavy (non-hydrogen) atoms. The van der Waals surface area contributed by atoms with Gasteiger partial charge in [-0.25, -0.2) is 4.98 Å². The van der Waals surface area contributed by atoms with Crippen LogP contribution in [-0.2, 0) is 11.3 Å². The van der Waals surface area contributed by atoms with Crippen molar-refractivity contribution in [1.29, 1.82) is 0 Å². The topological polar surface area (TPSA) is 47.4 Å². The zero-order valence-corrected chi connectivity index (χ0v) is 18.3. The molecule has 0 aliphatic carbocycles. The molecule has 5 nitrogen and oxygen atoms in total. The number of imidazole rings is 1. The number of aromatic nitrogens is 2. The second-order valence-corrected chi connectivity index (χ2v) is 8.37. The molecule has 5 rings (SSSR count). The zero-order chi connectivity index (χ0) is 21.9. The van der Waals surface area contributed by atoms with Crippen molar-refractivity contribution in [2.45, 2.75) is 32.2 Å². The highest BCUT2D eigenvalue weighted by Gasteiger charge is 2.34. The van der Waals surface area contributed by atoms with Gasteiger partial charge in [0, 0.05) is 31.1 Å². The van der Waals surface area contributed by atoms with E-state index in [1.807, 2.05) is 65.6 Å². The largest absolute Gasteiger partial charge is 0.494 e. The molecule has 0 saturated carbocycles. The van der Waals surface area contributed by atoms with Gasteiger partial charge in [0.15, 0.2) is 0 Å². The summed E-state index contributed by atoms with van der Waals surface area (Å²) >= 11 is 0. The quantitative estimate of drug-likeness (QED) is 0.376. The highest BCUT2D eigenvalue weighted by Crippen LogP contribution is 2.33. The van der Waals surface area contributed by atoms with E-state index in [1.165, 1.54) is 0 Å². The lowest BCUT2D eigenvalue weighted by Crippen LogP contribution is -2.24. The Balaban J connectivity index is 1.36. The average molecular weight is 426 g/mol. The third-order valence-corrected chi connectivity index (χ3v) is 6.03. The lowest BCUT2D eigenvalue weighted by molar-refractivity contribution is -0.117. The number of anilines is 1. The highest BCUT2D eigenvalue weighted by molar-refractivity contribution is 5.96. The summed E-state index contributed by atoms with van der Waals surface area (Å²) in [6.07, 6.45) is 1.35. The predicted octanol–water partition coefficient (Wildman–Crippen LogP) is 5.33. The van der Waals surface area contributed by atoms with Crippen LogP contribution in [-0.4, -0.2) is 28.6 Å². The van der Waals surface area contributed by atoms with Gasteiger partial charge in [0.25, 0.3) is 0 Å². The number of hydrogen-bond acceptors (Lipinski definition) is 3. The Labute approximate surface area is 188 Å². The van der Waals surface area contributed by atoms with Crippen LogP contribution < -0.4 is 9.64 Å². The van der Waals surface area contributed by atoms with Crippen LogP contribution in [0.25, 0.3) is 11.0 Å². The molecule has 3 aromatic carbocycles. The third kappa shape index (κ3) is 4.11. The van der Waals surface area contributed by atoms with Crippen LogP contribution in [0, 0.1) is 6.92 Å². The number of ether oxygens (including phenoxy) is 1. The fourth-order valence-electron chi connectivity index (χ4n) is 4.50. The average Bonchev–Trinajstić information content (AvgIpc) is 3.38. The summed E-state index contributed by atoms with van der Waals surface area (Å²) in [5, 5.41) is 0. The fraction of sp³-hybridized carbons (Fsp3) is 0.259. The van der Waals surface area contributed by atoms with Gasteiger partial charge < -0.3 is 14.2 Å². The summed E-state index contributed by atoms with van der Waals surface area (Å²) in [5.41, 5.74) is 4.22. The van der Waals surface area contributed by atoms with E-state index in [0.29, 0.717) is 19.6 Å². The molecule has 1 amide bonds. The van der Waals surface area contributed by atoms with Crippen LogP contribution >= 0.6 is 0 Å². The van der Waals surface area contributed by atoms with Crippen LogP contribution in [0.3, 0.4) is 0 Å². The van der Waals surface area contributed by atoms with Gasteiger partial charge in [-0.2, -0.15) is 0 Å². The number of para-hydroxylation sites is 3. The number of rotatable bonds is 7. The summed E-state index contributed by atoms with van der Waals surface area (Å²) in [5.74, 6) is 2.12. The third-order valence-electron chi connectivity index (χ3n) is 6.03. The van der Waals surface area contributed by atoms with Crippen molar-refractivity contribution < 1.29 is 9.53 Å². The Morgan fingerprint density at radius 3 is 2.66 bits per heavy atom. The number of nitrogens with zero attached hydrogens (tertiary/aromatic N) is 3. The van der Waals surface area contributed by atoms with Gasteiger partial charge in [0.2, 0.25) is 5.91 Å². The number of aryl methyl sites for hydroxylation is 2. The standard InChI is InChI=1S/C27H27N3O2/c1-20-9-7-10-22(17-20)30-19-21(18-26(30)31)27-28-24-13-5-6-14-25(24)29(27)15-8-16-32-23-11-3-2-4-12-23/h2-7,9-14,17,21H,8,15-16,18-19H2,1H3/t21-/m1/s1. The Bertz CT molecular complexity index is 1230. The molecular formula is C27H27N3O2. The van der Waals surface area contributed by atoms with Crippen molar-refractivity contribution >= 4 is 22.6 Å². The van der Waals surface area contributed by atoms with Gasteiger partial charge in [-0.3, -0.25) is 4.79 Å². The van der Waals surface area contributed by atoms with Crippen molar-refractivity contribution in [3.63, 3.8) is 0 Å². The molecule has 0 spiro atoms. The van der Waals surface area contributed by atoms with Gasteiger partial charge in [0.1, 0.15) is 11.6 Å². The molecule has 1 aliphatic rings. The first-order valence-corrected chi connectivity index (χ1v) is 11.2. The molecule has 1 fully saturated rings. The Morgan fingerprint density at radius 2 is 1.81 bits per heavy atom. The second-order valence-electron chi connectivity index (χ2n) is 8.37. The van der Waals surface area contributed by atoms with Crippen LogP contribution in [0.2, 0.25) is 0 Å². The Morgan fingerprint density at radius 1 is 1.00 bits per heavy atom. The highest BCUT2D eigenvalue weighted by atomic mass is 16.5. The van der Waals surface area contributed by atoms with E-state index in [9.17, 15) is 4.79 Å². The lowest BCUT2D eigenvalue weighted by Gasteiger charge is -2.18. The summed E-state index contributed by atoms with van der Waals surface area (Å²) in [6.45, 7) is 4.15. The van der Waals surface area contributed by atoms with Crippen molar-refractivity contribution in [1.82, 2.24) is 9.55 Å². The number of carbonyl (C=O) groups is 1. The molecule has 4 aromatic rings. The van der Waals surface area contributed by atoms with Crippen LogP contribution in [0.4, 0.5) is 5.69 Å². The minimum absolute atomic E-state index is 0.0745. The minimum Gasteiger partial charge on any atom is -0.494 e. The van der Waals surface area contributed by atoms with Gasteiger partial charge >= 0.3 is 0 Å². The lowest BCUT2D eigenvalue weighted by atomic mass is 10.1. The summed E-state index contributed by atoms with van der Waals surface area (Å²) < 4.78 is 8.17. The predicted molar refractivity (Wildman–Crippen MR) is 127 cm³/mol. The van der Waals surface area contributed by atoms with Crippen LogP contribution in [0.1, 0.15) is 30.1 Å².